The van der Waals surface area contributed by atoms with Crippen LogP contribution in [0.15, 0.2) is 23.1 Å². The molecule has 2 nitrogen and oxygen atoms in total. The van der Waals surface area contributed by atoms with Gasteiger partial charge in [-0.2, -0.15) is 0 Å². The van der Waals surface area contributed by atoms with Gasteiger partial charge in [-0.1, -0.05) is 27.5 Å². The van der Waals surface area contributed by atoms with Crippen molar-refractivity contribution in [2.75, 3.05) is 18.1 Å². The van der Waals surface area contributed by atoms with Gasteiger partial charge in [0.1, 0.15) is 0 Å². The summed E-state index contributed by atoms with van der Waals surface area (Å²) < 4.78 is 0. The molecule has 0 fully saturated rings. The zero-order chi connectivity index (χ0) is 14.4. The number of rotatable bonds is 6. The Morgan fingerprint density at radius 2 is 2.16 bits per heavy atom. The molecule has 19 heavy (non-hydrogen) atoms. The first-order valence-electron chi connectivity index (χ1n) is 6.21. The number of carbonyl (C=O) groups is 1. The van der Waals surface area contributed by atoms with Crippen molar-refractivity contribution < 1.29 is 4.79 Å². The molecule has 1 amide bonds. The Hall–Kier alpha value is -0.190. The zero-order valence-corrected chi connectivity index (χ0v) is 14.6. The van der Waals surface area contributed by atoms with Gasteiger partial charge in [-0.05, 0) is 44.7 Å². The van der Waals surface area contributed by atoms with Crippen LogP contribution in [-0.2, 0) is 0 Å². The molecule has 106 valence electrons. The molecule has 0 atom stereocenters. The molecule has 0 saturated carbocycles. The lowest BCUT2D eigenvalue weighted by Crippen LogP contribution is -2.38. The molecular formula is C14H19BrClNOS. The maximum Gasteiger partial charge on any atom is 0.255 e. The second kappa shape index (κ2) is 8.18. The predicted molar refractivity (Wildman–Crippen MR) is 87.8 cm³/mol. The number of hydrogen-bond acceptors (Lipinski definition) is 2. The van der Waals surface area contributed by atoms with E-state index in [9.17, 15) is 4.79 Å². The molecule has 0 aromatic heterocycles. The number of nitrogens with zero attached hydrogens (tertiary/aromatic N) is 1. The fourth-order valence-corrected chi connectivity index (χ4v) is 2.66. The molecule has 0 bridgehead atoms. The summed E-state index contributed by atoms with van der Waals surface area (Å²) in [7, 11) is 0. The predicted octanol–water partition coefficient (Wildman–Crippen LogP) is 4.70. The molecule has 0 aliphatic heterocycles. The molecule has 0 radical (unpaired) electrons. The summed E-state index contributed by atoms with van der Waals surface area (Å²) in [5.41, 5.74) is 0.594. The third-order valence-corrected chi connectivity index (χ3v) is 4.44. The third-order valence-electron chi connectivity index (χ3n) is 2.82. The van der Waals surface area contributed by atoms with Gasteiger partial charge in [0.05, 0.1) is 10.6 Å². The second-order valence-corrected chi connectivity index (χ2v) is 6.56. The highest BCUT2D eigenvalue weighted by Gasteiger charge is 2.20. The van der Waals surface area contributed by atoms with Gasteiger partial charge in [-0.3, -0.25) is 4.79 Å². The number of alkyl halides is 1. The Balaban J connectivity index is 3.01. The van der Waals surface area contributed by atoms with E-state index in [1.807, 2.05) is 37.1 Å². The van der Waals surface area contributed by atoms with Crippen LogP contribution in [-0.4, -0.2) is 35.0 Å². The number of thioether (sulfide) groups is 1. The minimum absolute atomic E-state index is 0.0110. The Kier molecular flexibility index (Phi) is 7.26. The molecule has 0 saturated heterocycles. The monoisotopic (exact) mass is 363 g/mol. The normalized spacial score (nSPS) is 10.8. The van der Waals surface area contributed by atoms with Crippen LogP contribution in [0, 0.1) is 0 Å². The SMILES string of the molecule is CSc1ccc(Cl)c(C(=O)N(CCCBr)C(C)C)c1. The number of halogens is 2. The van der Waals surface area contributed by atoms with Crippen molar-refractivity contribution in [3.05, 3.63) is 28.8 Å². The van der Waals surface area contributed by atoms with E-state index in [0.717, 1.165) is 23.2 Å². The highest BCUT2D eigenvalue weighted by molar-refractivity contribution is 9.09. The highest BCUT2D eigenvalue weighted by atomic mass is 79.9. The maximum absolute atomic E-state index is 12.6. The van der Waals surface area contributed by atoms with Crippen molar-refractivity contribution in [1.29, 1.82) is 0 Å². The summed E-state index contributed by atoms with van der Waals surface area (Å²) in [6, 6.07) is 5.77. The summed E-state index contributed by atoms with van der Waals surface area (Å²) in [4.78, 5) is 15.5. The molecule has 1 aromatic carbocycles. The third kappa shape index (κ3) is 4.69. The number of hydrogen-bond donors (Lipinski definition) is 0. The molecule has 0 heterocycles. The maximum atomic E-state index is 12.6. The van der Waals surface area contributed by atoms with E-state index in [2.05, 4.69) is 15.9 Å². The molecule has 0 unspecified atom stereocenters. The van der Waals surface area contributed by atoms with Crippen LogP contribution >= 0.6 is 39.3 Å². The van der Waals surface area contributed by atoms with E-state index in [4.69, 9.17) is 11.6 Å². The molecule has 0 N–H and O–H groups in total. The molecule has 1 rings (SSSR count). The Labute approximate surface area is 133 Å². The van der Waals surface area contributed by atoms with Gasteiger partial charge in [-0.25, -0.2) is 0 Å². The topological polar surface area (TPSA) is 20.3 Å². The van der Waals surface area contributed by atoms with Crippen LogP contribution in [0.5, 0.6) is 0 Å². The molecule has 0 aliphatic rings. The van der Waals surface area contributed by atoms with Crippen molar-refractivity contribution in [2.45, 2.75) is 31.2 Å². The van der Waals surface area contributed by atoms with E-state index in [-0.39, 0.29) is 11.9 Å². The molecule has 1 aromatic rings. The van der Waals surface area contributed by atoms with Crippen molar-refractivity contribution in [1.82, 2.24) is 4.90 Å². The summed E-state index contributed by atoms with van der Waals surface area (Å²) in [5, 5.41) is 1.41. The summed E-state index contributed by atoms with van der Waals surface area (Å²) >= 11 is 11.2. The Morgan fingerprint density at radius 3 is 2.68 bits per heavy atom. The van der Waals surface area contributed by atoms with Crippen LogP contribution in [0.4, 0.5) is 0 Å². The van der Waals surface area contributed by atoms with Crippen LogP contribution in [0.2, 0.25) is 5.02 Å². The van der Waals surface area contributed by atoms with Crippen molar-refractivity contribution in [3.8, 4) is 0 Å². The van der Waals surface area contributed by atoms with Gasteiger partial charge in [0.25, 0.3) is 5.91 Å². The molecule has 5 heteroatoms. The first kappa shape index (κ1) is 16.9. The fourth-order valence-electron chi connectivity index (χ4n) is 1.77. The standard InChI is InChI=1S/C14H19BrClNOS/c1-10(2)17(8-4-7-15)14(18)12-9-11(19-3)5-6-13(12)16/h5-6,9-10H,4,7-8H2,1-3H3. The van der Waals surface area contributed by atoms with E-state index >= 15 is 0 Å². The highest BCUT2D eigenvalue weighted by Crippen LogP contribution is 2.25. The lowest BCUT2D eigenvalue weighted by atomic mass is 10.1. The van der Waals surface area contributed by atoms with E-state index < -0.39 is 0 Å². The quantitative estimate of drug-likeness (QED) is 0.539. The van der Waals surface area contributed by atoms with E-state index in [0.29, 0.717) is 10.6 Å². The van der Waals surface area contributed by atoms with Crippen molar-refractivity contribution in [3.63, 3.8) is 0 Å². The van der Waals surface area contributed by atoms with Gasteiger partial charge in [-0.15, -0.1) is 11.8 Å². The number of amides is 1. The fraction of sp³-hybridized carbons (Fsp3) is 0.500. The van der Waals surface area contributed by atoms with Gasteiger partial charge < -0.3 is 4.90 Å². The van der Waals surface area contributed by atoms with Crippen molar-refractivity contribution in [2.24, 2.45) is 0 Å². The average Bonchev–Trinajstić information content (AvgIpc) is 2.39. The van der Waals surface area contributed by atoms with Gasteiger partial charge in [0.2, 0.25) is 0 Å². The molecular weight excluding hydrogens is 346 g/mol. The minimum atomic E-state index is 0.0110. The van der Waals surface area contributed by atoms with Gasteiger partial charge in [0.15, 0.2) is 0 Å². The summed E-state index contributed by atoms with van der Waals surface area (Å²) in [6.45, 7) is 4.79. The lowest BCUT2D eigenvalue weighted by molar-refractivity contribution is 0.0706. The van der Waals surface area contributed by atoms with Crippen LogP contribution in [0.1, 0.15) is 30.6 Å². The number of benzene rings is 1. The Morgan fingerprint density at radius 1 is 1.47 bits per heavy atom. The lowest BCUT2D eigenvalue weighted by Gasteiger charge is -2.27. The largest absolute Gasteiger partial charge is 0.336 e. The average molecular weight is 365 g/mol. The first-order valence-corrected chi connectivity index (χ1v) is 8.94. The zero-order valence-electron chi connectivity index (χ0n) is 11.5. The molecule has 0 spiro atoms. The van der Waals surface area contributed by atoms with Crippen LogP contribution in [0.3, 0.4) is 0 Å². The Bertz CT molecular complexity index is 439. The summed E-state index contributed by atoms with van der Waals surface area (Å²) in [5.74, 6) is 0.0110. The minimum Gasteiger partial charge on any atom is -0.336 e. The summed E-state index contributed by atoms with van der Waals surface area (Å²) in [6.07, 6.45) is 2.92. The first-order chi connectivity index (χ1) is 9.01. The van der Waals surface area contributed by atoms with Gasteiger partial charge >= 0.3 is 0 Å². The van der Waals surface area contributed by atoms with Crippen LogP contribution < -0.4 is 0 Å². The van der Waals surface area contributed by atoms with Gasteiger partial charge in [0, 0.05) is 22.8 Å². The van der Waals surface area contributed by atoms with Crippen LogP contribution in [0.25, 0.3) is 0 Å². The van der Waals surface area contributed by atoms with E-state index in [1.165, 1.54) is 0 Å². The van der Waals surface area contributed by atoms with E-state index in [1.54, 1.807) is 17.8 Å². The smallest absolute Gasteiger partial charge is 0.255 e. The molecule has 0 aliphatic carbocycles. The van der Waals surface area contributed by atoms with Crippen molar-refractivity contribution >= 4 is 45.2 Å². The second-order valence-electron chi connectivity index (χ2n) is 4.48. The number of carbonyl (C=O) groups excluding carboxylic acids is 1.